The second-order valence-electron chi connectivity index (χ2n) is 5.32. The second kappa shape index (κ2) is 5.91. The summed E-state index contributed by atoms with van der Waals surface area (Å²) in [7, 11) is 0. The second-order valence-corrected chi connectivity index (χ2v) is 5.73. The number of amides is 2. The number of nitrogens with one attached hydrogen (secondary N) is 2. The average Bonchev–Trinajstić information content (AvgIpc) is 2.77. The third-order valence-corrected chi connectivity index (χ3v) is 4.02. The lowest BCUT2D eigenvalue weighted by Crippen LogP contribution is -2.50. The maximum atomic E-state index is 12.1. The predicted octanol–water partition coefficient (Wildman–Crippen LogP) is 2.26. The molecule has 2 rings (SSSR count). The SMILES string of the molecule is Cc1cccc(Cl)c1NC(=O)NC1COCC1(C)C(=O)O. The molecule has 1 heterocycles. The first kappa shape index (κ1) is 15.6. The summed E-state index contributed by atoms with van der Waals surface area (Å²) in [5.41, 5.74) is 0.196. The minimum atomic E-state index is -1.13. The summed E-state index contributed by atoms with van der Waals surface area (Å²) >= 11 is 6.04. The monoisotopic (exact) mass is 312 g/mol. The lowest BCUT2D eigenvalue weighted by atomic mass is 9.85. The summed E-state index contributed by atoms with van der Waals surface area (Å²) in [5.74, 6) is -1.00. The highest BCUT2D eigenvalue weighted by atomic mass is 35.5. The van der Waals surface area contributed by atoms with Gasteiger partial charge in [0.15, 0.2) is 0 Å². The van der Waals surface area contributed by atoms with Gasteiger partial charge in [-0.05, 0) is 25.5 Å². The van der Waals surface area contributed by atoms with Crippen molar-refractivity contribution in [3.05, 3.63) is 28.8 Å². The van der Waals surface area contributed by atoms with Crippen LogP contribution >= 0.6 is 11.6 Å². The van der Waals surface area contributed by atoms with Crippen molar-refractivity contribution in [2.75, 3.05) is 18.5 Å². The summed E-state index contributed by atoms with van der Waals surface area (Å²) in [6.07, 6.45) is 0. The number of urea groups is 1. The molecule has 1 aromatic rings. The Kier molecular flexibility index (Phi) is 4.39. The van der Waals surface area contributed by atoms with Crippen molar-refractivity contribution in [3.63, 3.8) is 0 Å². The molecule has 6 nitrogen and oxygen atoms in total. The van der Waals surface area contributed by atoms with Gasteiger partial charge in [0.2, 0.25) is 0 Å². The van der Waals surface area contributed by atoms with Gasteiger partial charge in [-0.1, -0.05) is 23.7 Å². The zero-order valence-corrected chi connectivity index (χ0v) is 12.5. The van der Waals surface area contributed by atoms with Crippen LogP contribution in [0.2, 0.25) is 5.02 Å². The summed E-state index contributed by atoms with van der Waals surface area (Å²) < 4.78 is 5.18. The maximum Gasteiger partial charge on any atom is 0.319 e. The predicted molar refractivity (Wildman–Crippen MR) is 78.7 cm³/mol. The standard InChI is InChI=1S/C14H17ClN2O4/c1-8-4-3-5-9(15)11(8)17-13(20)16-10-6-21-7-14(10,2)12(18)19/h3-5,10H,6-7H2,1-2H3,(H,18,19)(H2,16,17,20). The fourth-order valence-electron chi connectivity index (χ4n) is 2.18. The molecule has 0 spiro atoms. The number of benzene rings is 1. The Labute approximate surface area is 127 Å². The third-order valence-electron chi connectivity index (χ3n) is 3.71. The number of para-hydroxylation sites is 1. The van der Waals surface area contributed by atoms with Crippen molar-refractivity contribution in [1.82, 2.24) is 5.32 Å². The molecule has 3 N–H and O–H groups in total. The van der Waals surface area contributed by atoms with Gasteiger partial charge < -0.3 is 20.5 Å². The molecule has 0 saturated carbocycles. The molecule has 0 aromatic heterocycles. The van der Waals surface area contributed by atoms with Crippen molar-refractivity contribution in [2.24, 2.45) is 5.41 Å². The van der Waals surface area contributed by atoms with Crippen molar-refractivity contribution in [2.45, 2.75) is 19.9 Å². The molecule has 0 aliphatic carbocycles. The largest absolute Gasteiger partial charge is 0.481 e. The van der Waals surface area contributed by atoms with Crippen LogP contribution in [-0.2, 0) is 9.53 Å². The number of carbonyl (C=O) groups is 2. The molecule has 1 aliphatic rings. The van der Waals surface area contributed by atoms with Crippen LogP contribution in [0.25, 0.3) is 0 Å². The maximum absolute atomic E-state index is 12.1. The molecule has 114 valence electrons. The van der Waals surface area contributed by atoms with E-state index < -0.39 is 23.5 Å². The van der Waals surface area contributed by atoms with E-state index >= 15 is 0 Å². The van der Waals surface area contributed by atoms with E-state index in [1.807, 2.05) is 13.0 Å². The molecule has 0 bridgehead atoms. The minimum absolute atomic E-state index is 0.0679. The third kappa shape index (κ3) is 3.11. The van der Waals surface area contributed by atoms with Crippen LogP contribution in [0.15, 0.2) is 18.2 Å². The Morgan fingerprint density at radius 2 is 2.19 bits per heavy atom. The first-order chi connectivity index (χ1) is 9.84. The van der Waals surface area contributed by atoms with Crippen LogP contribution in [0.1, 0.15) is 12.5 Å². The van der Waals surface area contributed by atoms with Gasteiger partial charge in [0, 0.05) is 0 Å². The molecule has 1 aromatic carbocycles. The van der Waals surface area contributed by atoms with Crippen LogP contribution in [0, 0.1) is 12.3 Å². The zero-order valence-electron chi connectivity index (χ0n) is 11.8. The smallest absolute Gasteiger partial charge is 0.319 e. The number of hydrogen-bond donors (Lipinski definition) is 3. The van der Waals surface area contributed by atoms with Crippen LogP contribution in [0.4, 0.5) is 10.5 Å². The van der Waals surface area contributed by atoms with E-state index in [9.17, 15) is 14.7 Å². The van der Waals surface area contributed by atoms with E-state index in [1.165, 1.54) is 0 Å². The molecule has 0 radical (unpaired) electrons. The number of ether oxygens (including phenoxy) is 1. The molecule has 2 atom stereocenters. The summed E-state index contributed by atoms with van der Waals surface area (Å²) in [5, 5.41) is 15.0. The van der Waals surface area contributed by atoms with Crippen molar-refractivity contribution in [1.29, 1.82) is 0 Å². The highest BCUT2D eigenvalue weighted by molar-refractivity contribution is 6.33. The lowest BCUT2D eigenvalue weighted by molar-refractivity contribution is -0.148. The van der Waals surface area contributed by atoms with Gasteiger partial charge in [-0.15, -0.1) is 0 Å². The van der Waals surface area contributed by atoms with Gasteiger partial charge in [0.1, 0.15) is 5.41 Å². The van der Waals surface area contributed by atoms with Gasteiger partial charge in [-0.25, -0.2) is 4.79 Å². The highest BCUT2D eigenvalue weighted by Crippen LogP contribution is 2.29. The van der Waals surface area contributed by atoms with Crippen LogP contribution in [0.5, 0.6) is 0 Å². The molecule has 7 heteroatoms. The van der Waals surface area contributed by atoms with Gasteiger partial charge in [-0.2, -0.15) is 0 Å². The molecule has 1 aliphatic heterocycles. The summed E-state index contributed by atoms with van der Waals surface area (Å²) in [6, 6.07) is 4.17. The topological polar surface area (TPSA) is 87.7 Å². The van der Waals surface area contributed by atoms with Crippen LogP contribution in [-0.4, -0.2) is 36.4 Å². The van der Waals surface area contributed by atoms with E-state index in [-0.39, 0.29) is 13.2 Å². The van der Waals surface area contributed by atoms with E-state index in [0.717, 1.165) is 5.56 Å². The quantitative estimate of drug-likeness (QED) is 0.799. The lowest BCUT2D eigenvalue weighted by Gasteiger charge is -2.25. The highest BCUT2D eigenvalue weighted by Gasteiger charge is 2.47. The van der Waals surface area contributed by atoms with E-state index in [2.05, 4.69) is 10.6 Å². The Balaban J connectivity index is 2.07. The number of aryl methyl sites for hydroxylation is 1. The first-order valence-corrected chi connectivity index (χ1v) is 6.86. The normalized spacial score (nSPS) is 24.6. The summed E-state index contributed by atoms with van der Waals surface area (Å²) in [6.45, 7) is 3.60. The molecule has 2 amide bonds. The number of halogens is 1. The number of rotatable bonds is 3. The zero-order chi connectivity index (χ0) is 15.6. The van der Waals surface area contributed by atoms with Crippen molar-refractivity contribution >= 4 is 29.3 Å². The van der Waals surface area contributed by atoms with E-state index in [4.69, 9.17) is 16.3 Å². The van der Waals surface area contributed by atoms with Crippen LogP contribution < -0.4 is 10.6 Å². The molecule has 21 heavy (non-hydrogen) atoms. The summed E-state index contributed by atoms with van der Waals surface area (Å²) in [4.78, 5) is 23.4. The van der Waals surface area contributed by atoms with Crippen molar-refractivity contribution in [3.8, 4) is 0 Å². The Morgan fingerprint density at radius 1 is 1.48 bits per heavy atom. The number of carboxylic acid groups (broad SMARTS) is 1. The number of anilines is 1. The van der Waals surface area contributed by atoms with E-state index in [0.29, 0.717) is 10.7 Å². The molecule has 2 unspecified atom stereocenters. The number of carboxylic acids is 1. The number of carbonyl (C=O) groups excluding carboxylic acids is 1. The Hall–Kier alpha value is -1.79. The fourth-order valence-corrected chi connectivity index (χ4v) is 2.45. The fraction of sp³-hybridized carbons (Fsp3) is 0.429. The van der Waals surface area contributed by atoms with Gasteiger partial charge in [0.25, 0.3) is 0 Å². The Bertz CT molecular complexity index is 558. The molecule has 1 saturated heterocycles. The van der Waals surface area contributed by atoms with Crippen molar-refractivity contribution < 1.29 is 19.4 Å². The number of aliphatic carboxylic acids is 1. The minimum Gasteiger partial charge on any atom is -0.481 e. The van der Waals surface area contributed by atoms with Gasteiger partial charge in [0.05, 0.1) is 30.0 Å². The van der Waals surface area contributed by atoms with Gasteiger partial charge >= 0.3 is 12.0 Å². The van der Waals surface area contributed by atoms with E-state index in [1.54, 1.807) is 19.1 Å². The first-order valence-electron chi connectivity index (χ1n) is 6.48. The van der Waals surface area contributed by atoms with Crippen LogP contribution in [0.3, 0.4) is 0 Å². The Morgan fingerprint density at radius 3 is 2.81 bits per heavy atom. The molecular weight excluding hydrogens is 296 g/mol. The van der Waals surface area contributed by atoms with Gasteiger partial charge in [-0.3, -0.25) is 4.79 Å². The molecule has 1 fully saturated rings. The molecular formula is C14H17ClN2O4. The number of hydrogen-bond acceptors (Lipinski definition) is 3. The average molecular weight is 313 g/mol.